The van der Waals surface area contributed by atoms with Crippen LogP contribution in [-0.2, 0) is 6.54 Å². The molecule has 1 saturated heterocycles. The molecular weight excluding hydrogens is 464 g/mol. The lowest BCUT2D eigenvalue weighted by atomic mass is 10.0. The Morgan fingerprint density at radius 1 is 1.00 bits per heavy atom. The summed E-state index contributed by atoms with van der Waals surface area (Å²) in [5.41, 5.74) is 5.61. The molecule has 0 spiro atoms. The Bertz CT molecular complexity index is 1450. The highest BCUT2D eigenvalue weighted by molar-refractivity contribution is 6.32. The molecule has 1 aliphatic rings. The fourth-order valence-electron chi connectivity index (χ4n) is 4.20. The van der Waals surface area contributed by atoms with Crippen molar-refractivity contribution >= 4 is 52.0 Å². The molecule has 5 rings (SSSR count). The number of halogens is 1. The molecule has 35 heavy (non-hydrogen) atoms. The van der Waals surface area contributed by atoms with Crippen LogP contribution >= 0.6 is 11.6 Å². The molecule has 0 saturated carbocycles. The summed E-state index contributed by atoms with van der Waals surface area (Å²) in [6, 6.07) is 20.3. The number of nitrogens with one attached hydrogen (secondary N) is 3. The number of aromatic amines is 1. The van der Waals surface area contributed by atoms with E-state index in [2.05, 4.69) is 50.9 Å². The number of hydrogen-bond donors (Lipinski definition) is 4. The van der Waals surface area contributed by atoms with Crippen molar-refractivity contribution in [1.82, 2.24) is 9.88 Å². The SMILES string of the molecule is O=C(O)Nc1ccccc1NC(=O)c1ccc(C=C2CN(Cc3ccc4cc[nH]c4c3)C2)c(Cl)c1. The molecule has 1 aliphatic heterocycles. The number of amides is 2. The van der Waals surface area contributed by atoms with E-state index in [0.29, 0.717) is 22.0 Å². The van der Waals surface area contributed by atoms with Gasteiger partial charge in [0.05, 0.1) is 11.4 Å². The third-order valence-electron chi connectivity index (χ3n) is 5.92. The summed E-state index contributed by atoms with van der Waals surface area (Å²) >= 11 is 6.48. The zero-order valence-electron chi connectivity index (χ0n) is 18.7. The van der Waals surface area contributed by atoms with Gasteiger partial charge in [0.2, 0.25) is 0 Å². The molecule has 3 aromatic carbocycles. The highest BCUT2D eigenvalue weighted by Gasteiger charge is 2.21. The van der Waals surface area contributed by atoms with E-state index < -0.39 is 6.09 Å². The largest absolute Gasteiger partial charge is 0.465 e. The smallest absolute Gasteiger partial charge is 0.409 e. The van der Waals surface area contributed by atoms with Crippen molar-refractivity contribution in [3.8, 4) is 0 Å². The van der Waals surface area contributed by atoms with Crippen molar-refractivity contribution < 1.29 is 14.7 Å². The number of H-pyrrole nitrogens is 1. The molecule has 1 aromatic heterocycles. The number of fused-ring (bicyclic) bond motifs is 1. The Morgan fingerprint density at radius 2 is 1.77 bits per heavy atom. The number of benzene rings is 3. The molecular formula is C27H23ClN4O3. The van der Waals surface area contributed by atoms with Gasteiger partial charge in [-0.25, -0.2) is 4.79 Å². The molecule has 2 heterocycles. The summed E-state index contributed by atoms with van der Waals surface area (Å²) in [7, 11) is 0. The maximum Gasteiger partial charge on any atom is 0.409 e. The van der Waals surface area contributed by atoms with Crippen LogP contribution in [0.4, 0.5) is 16.2 Å². The summed E-state index contributed by atoms with van der Waals surface area (Å²) in [5, 5.41) is 15.7. The molecule has 0 aliphatic carbocycles. The Kier molecular flexibility index (Phi) is 6.27. The van der Waals surface area contributed by atoms with E-state index in [1.807, 2.05) is 12.3 Å². The predicted octanol–water partition coefficient (Wildman–Crippen LogP) is 6.06. The van der Waals surface area contributed by atoms with Crippen LogP contribution < -0.4 is 10.6 Å². The lowest BCUT2D eigenvalue weighted by Gasteiger charge is -2.34. The highest BCUT2D eigenvalue weighted by Crippen LogP contribution is 2.27. The van der Waals surface area contributed by atoms with Crippen LogP contribution in [0.15, 0.2) is 78.5 Å². The van der Waals surface area contributed by atoms with Gasteiger partial charge in [0.1, 0.15) is 0 Å². The number of hydrogen-bond acceptors (Lipinski definition) is 3. The van der Waals surface area contributed by atoms with Gasteiger partial charge in [-0.15, -0.1) is 0 Å². The number of carboxylic acid groups (broad SMARTS) is 1. The standard InChI is InChI=1S/C27H23ClN4O3/c28-22-13-21(26(33)30-23-3-1-2-4-24(23)31-27(34)35)8-7-20(22)11-18-15-32(16-18)14-17-5-6-19-9-10-29-25(19)12-17/h1-13,29,31H,14-16H2,(H,30,33)(H,34,35). The number of aromatic nitrogens is 1. The van der Waals surface area contributed by atoms with Gasteiger partial charge < -0.3 is 15.4 Å². The highest BCUT2D eigenvalue weighted by atomic mass is 35.5. The van der Waals surface area contributed by atoms with Crippen LogP contribution in [0.5, 0.6) is 0 Å². The molecule has 176 valence electrons. The van der Waals surface area contributed by atoms with Gasteiger partial charge in [-0.2, -0.15) is 0 Å². The van der Waals surface area contributed by atoms with E-state index >= 15 is 0 Å². The monoisotopic (exact) mass is 486 g/mol. The van der Waals surface area contributed by atoms with Crippen LogP contribution in [0.25, 0.3) is 17.0 Å². The van der Waals surface area contributed by atoms with Crippen molar-refractivity contribution in [1.29, 1.82) is 0 Å². The van der Waals surface area contributed by atoms with E-state index in [-0.39, 0.29) is 5.91 Å². The number of para-hydroxylation sites is 2. The second-order valence-electron chi connectivity index (χ2n) is 8.51. The van der Waals surface area contributed by atoms with Crippen LogP contribution in [0.2, 0.25) is 5.02 Å². The summed E-state index contributed by atoms with van der Waals surface area (Å²) in [6.45, 7) is 2.63. The number of carbonyl (C=O) groups is 2. The van der Waals surface area contributed by atoms with Crippen LogP contribution in [0, 0.1) is 0 Å². The molecule has 7 nitrogen and oxygen atoms in total. The van der Waals surface area contributed by atoms with Crippen LogP contribution in [0.3, 0.4) is 0 Å². The Labute approximate surface area is 207 Å². The van der Waals surface area contributed by atoms with Crippen molar-refractivity contribution in [2.75, 3.05) is 23.7 Å². The summed E-state index contributed by atoms with van der Waals surface area (Å²) in [5.74, 6) is -0.375. The quantitative estimate of drug-likeness (QED) is 0.266. The van der Waals surface area contributed by atoms with Crippen LogP contribution in [-0.4, -0.2) is 40.1 Å². The number of rotatable bonds is 6. The molecule has 0 unspecified atom stereocenters. The Morgan fingerprint density at radius 3 is 2.51 bits per heavy atom. The summed E-state index contributed by atoms with van der Waals surface area (Å²) in [4.78, 5) is 29.3. The molecule has 4 N–H and O–H groups in total. The third kappa shape index (κ3) is 5.21. The molecule has 0 atom stereocenters. The summed E-state index contributed by atoms with van der Waals surface area (Å²) in [6.07, 6.45) is 2.82. The first-order chi connectivity index (χ1) is 16.9. The third-order valence-corrected chi connectivity index (χ3v) is 6.25. The second-order valence-corrected chi connectivity index (χ2v) is 8.92. The average Bonchev–Trinajstić information content (AvgIpc) is 3.27. The van der Waals surface area contributed by atoms with Gasteiger partial charge in [-0.1, -0.05) is 48.0 Å². The minimum absolute atomic E-state index is 0.295. The second kappa shape index (κ2) is 9.66. The van der Waals surface area contributed by atoms with E-state index in [4.69, 9.17) is 16.7 Å². The predicted molar refractivity (Wildman–Crippen MR) is 139 cm³/mol. The molecule has 0 bridgehead atoms. The van der Waals surface area contributed by atoms with Crippen molar-refractivity contribution in [3.05, 3.63) is 100 Å². The lowest BCUT2D eigenvalue weighted by molar-refractivity contribution is 0.102. The first-order valence-corrected chi connectivity index (χ1v) is 11.5. The molecule has 0 radical (unpaired) electrons. The van der Waals surface area contributed by atoms with E-state index in [0.717, 1.165) is 30.7 Å². The molecule has 1 fully saturated rings. The first kappa shape index (κ1) is 22.7. The van der Waals surface area contributed by atoms with Crippen molar-refractivity contribution in [2.45, 2.75) is 6.54 Å². The number of nitrogens with zero attached hydrogens (tertiary/aromatic N) is 1. The lowest BCUT2D eigenvalue weighted by Crippen LogP contribution is -2.39. The Balaban J connectivity index is 1.21. The molecule has 8 heteroatoms. The number of anilines is 2. The topological polar surface area (TPSA) is 97.5 Å². The molecule has 2 amide bonds. The minimum atomic E-state index is -1.21. The molecule has 4 aromatic rings. The van der Waals surface area contributed by atoms with Gasteiger partial charge in [0.15, 0.2) is 0 Å². The average molecular weight is 487 g/mol. The minimum Gasteiger partial charge on any atom is -0.465 e. The van der Waals surface area contributed by atoms with Gasteiger partial charge in [-0.3, -0.25) is 15.0 Å². The van der Waals surface area contributed by atoms with Crippen molar-refractivity contribution in [2.24, 2.45) is 0 Å². The normalized spacial score (nSPS) is 13.3. The van der Waals surface area contributed by atoms with Gasteiger partial charge in [0.25, 0.3) is 5.91 Å². The van der Waals surface area contributed by atoms with Crippen molar-refractivity contribution in [3.63, 3.8) is 0 Å². The van der Waals surface area contributed by atoms with E-state index in [1.165, 1.54) is 16.5 Å². The van der Waals surface area contributed by atoms with Crippen LogP contribution in [0.1, 0.15) is 21.5 Å². The number of carbonyl (C=O) groups excluding carboxylic acids is 1. The fraction of sp³-hybridized carbons (Fsp3) is 0.111. The maximum absolute atomic E-state index is 12.7. The van der Waals surface area contributed by atoms with Gasteiger partial charge in [0, 0.05) is 41.9 Å². The fourth-order valence-corrected chi connectivity index (χ4v) is 4.43. The zero-order chi connectivity index (χ0) is 24.4. The van der Waals surface area contributed by atoms with Gasteiger partial charge >= 0.3 is 6.09 Å². The van der Waals surface area contributed by atoms with Gasteiger partial charge in [-0.05, 0) is 58.5 Å². The van der Waals surface area contributed by atoms with E-state index in [1.54, 1.807) is 36.4 Å². The summed E-state index contributed by atoms with van der Waals surface area (Å²) < 4.78 is 0. The zero-order valence-corrected chi connectivity index (χ0v) is 19.5. The Hall–Kier alpha value is -4.07. The first-order valence-electron chi connectivity index (χ1n) is 11.1. The maximum atomic E-state index is 12.7. The van der Waals surface area contributed by atoms with E-state index in [9.17, 15) is 9.59 Å². The number of likely N-dealkylation sites (tertiary alicyclic amines) is 1.